The zero-order valence-electron chi connectivity index (χ0n) is 10.5. The summed E-state index contributed by atoms with van der Waals surface area (Å²) in [7, 11) is 0. The highest BCUT2D eigenvalue weighted by atomic mass is 35.5. The predicted molar refractivity (Wildman–Crippen MR) is 72.1 cm³/mol. The number of benzene rings is 1. The fraction of sp³-hybridized carbons (Fsp3) is 0.500. The van der Waals surface area contributed by atoms with Gasteiger partial charge in [0.25, 0.3) is 0 Å². The van der Waals surface area contributed by atoms with Crippen molar-refractivity contribution in [2.24, 2.45) is 0 Å². The van der Waals surface area contributed by atoms with E-state index in [1.807, 2.05) is 24.3 Å². The maximum Gasteiger partial charge on any atom is 0.320 e. The summed E-state index contributed by atoms with van der Waals surface area (Å²) >= 11 is 5.98. The molecule has 0 spiro atoms. The van der Waals surface area contributed by atoms with Gasteiger partial charge in [0, 0.05) is 11.6 Å². The Morgan fingerprint density at radius 3 is 3.06 bits per heavy atom. The number of hydrogen-bond acceptors (Lipinski definition) is 2. The van der Waals surface area contributed by atoms with E-state index in [-0.39, 0.29) is 6.04 Å². The predicted octanol–water partition coefficient (Wildman–Crippen LogP) is 2.99. The van der Waals surface area contributed by atoms with Crippen LogP contribution in [0.1, 0.15) is 31.2 Å². The van der Waals surface area contributed by atoms with Gasteiger partial charge in [0.15, 0.2) is 0 Å². The smallest absolute Gasteiger partial charge is 0.320 e. The third-order valence-electron chi connectivity index (χ3n) is 3.57. The minimum Gasteiger partial charge on any atom is -0.480 e. The molecule has 2 atom stereocenters. The molecule has 3 nitrogen and oxygen atoms in total. The number of aliphatic carboxylic acids is 1. The van der Waals surface area contributed by atoms with Crippen LogP contribution in [0.2, 0.25) is 5.02 Å². The van der Waals surface area contributed by atoms with Gasteiger partial charge < -0.3 is 5.11 Å². The summed E-state index contributed by atoms with van der Waals surface area (Å²) in [6.07, 6.45) is 1.73. The van der Waals surface area contributed by atoms with Gasteiger partial charge in [-0.2, -0.15) is 0 Å². The molecular formula is C14H18ClNO2. The van der Waals surface area contributed by atoms with E-state index in [0.717, 1.165) is 31.0 Å². The Morgan fingerprint density at radius 1 is 1.61 bits per heavy atom. The Bertz CT molecular complexity index is 436. The second kappa shape index (κ2) is 5.72. The number of carboxylic acid groups (broad SMARTS) is 1. The van der Waals surface area contributed by atoms with Crippen molar-refractivity contribution in [1.29, 1.82) is 0 Å². The lowest BCUT2D eigenvalue weighted by Crippen LogP contribution is -2.38. The van der Waals surface area contributed by atoms with Crippen LogP contribution in [-0.2, 0) is 4.79 Å². The van der Waals surface area contributed by atoms with Gasteiger partial charge in [0.2, 0.25) is 0 Å². The molecule has 2 rings (SSSR count). The van der Waals surface area contributed by atoms with Crippen molar-refractivity contribution in [2.75, 3.05) is 13.1 Å². The van der Waals surface area contributed by atoms with E-state index in [0.29, 0.717) is 5.92 Å². The summed E-state index contributed by atoms with van der Waals surface area (Å²) in [6.45, 7) is 3.77. The normalized spacial score (nSPS) is 22.0. The van der Waals surface area contributed by atoms with Gasteiger partial charge in [0.05, 0.1) is 0 Å². The second-order valence-electron chi connectivity index (χ2n) is 4.95. The van der Waals surface area contributed by atoms with Crippen molar-refractivity contribution >= 4 is 17.6 Å². The Morgan fingerprint density at radius 2 is 2.39 bits per heavy atom. The van der Waals surface area contributed by atoms with Crippen LogP contribution >= 0.6 is 11.6 Å². The fourth-order valence-corrected chi connectivity index (χ4v) is 2.79. The molecule has 0 bridgehead atoms. The third kappa shape index (κ3) is 3.03. The Hall–Kier alpha value is -1.06. The fourth-order valence-electron chi connectivity index (χ4n) is 2.59. The molecule has 98 valence electrons. The molecule has 1 aromatic rings. The maximum atomic E-state index is 11.1. The molecule has 0 aliphatic carbocycles. The van der Waals surface area contributed by atoms with Crippen LogP contribution in [0.15, 0.2) is 24.3 Å². The first kappa shape index (κ1) is 13.4. The van der Waals surface area contributed by atoms with Gasteiger partial charge in [-0.15, -0.1) is 0 Å². The highest BCUT2D eigenvalue weighted by Gasteiger charge is 2.31. The first-order valence-electron chi connectivity index (χ1n) is 6.30. The average Bonchev–Trinajstić information content (AvgIpc) is 2.77. The van der Waals surface area contributed by atoms with E-state index in [9.17, 15) is 4.79 Å². The van der Waals surface area contributed by atoms with E-state index in [1.165, 1.54) is 5.56 Å². The van der Waals surface area contributed by atoms with E-state index in [4.69, 9.17) is 16.7 Å². The van der Waals surface area contributed by atoms with Crippen LogP contribution < -0.4 is 0 Å². The van der Waals surface area contributed by atoms with Crippen LogP contribution in [0.3, 0.4) is 0 Å². The highest BCUT2D eigenvalue weighted by molar-refractivity contribution is 6.30. The number of carbonyl (C=O) groups is 1. The van der Waals surface area contributed by atoms with E-state index >= 15 is 0 Å². The van der Waals surface area contributed by atoms with Gasteiger partial charge in [-0.25, -0.2) is 0 Å². The summed E-state index contributed by atoms with van der Waals surface area (Å²) in [5.74, 6) is -0.408. The second-order valence-corrected chi connectivity index (χ2v) is 5.38. The molecule has 0 amide bonds. The zero-order chi connectivity index (χ0) is 13.1. The SMILES string of the molecule is CC(CN1CCCC1C(=O)O)c1cccc(Cl)c1. The van der Waals surface area contributed by atoms with Gasteiger partial charge in [-0.1, -0.05) is 30.7 Å². The van der Waals surface area contributed by atoms with Crippen molar-refractivity contribution in [3.8, 4) is 0 Å². The van der Waals surface area contributed by atoms with Crippen LogP contribution in [0.5, 0.6) is 0 Å². The Labute approximate surface area is 112 Å². The van der Waals surface area contributed by atoms with Crippen molar-refractivity contribution < 1.29 is 9.90 Å². The number of rotatable bonds is 4. The molecule has 1 aliphatic rings. The van der Waals surface area contributed by atoms with Crippen molar-refractivity contribution in [3.05, 3.63) is 34.9 Å². The molecule has 1 heterocycles. The number of carboxylic acids is 1. The van der Waals surface area contributed by atoms with Crippen molar-refractivity contribution in [1.82, 2.24) is 4.90 Å². The number of halogens is 1. The van der Waals surface area contributed by atoms with Crippen LogP contribution in [-0.4, -0.2) is 35.1 Å². The number of likely N-dealkylation sites (tertiary alicyclic amines) is 1. The van der Waals surface area contributed by atoms with Gasteiger partial charge in [-0.3, -0.25) is 9.69 Å². The minimum atomic E-state index is -0.703. The quantitative estimate of drug-likeness (QED) is 0.912. The van der Waals surface area contributed by atoms with Gasteiger partial charge in [0.1, 0.15) is 6.04 Å². The molecule has 1 N–H and O–H groups in total. The maximum absolute atomic E-state index is 11.1. The van der Waals surface area contributed by atoms with E-state index in [2.05, 4.69) is 11.8 Å². The molecule has 18 heavy (non-hydrogen) atoms. The summed E-state index contributed by atoms with van der Waals surface area (Å²) in [5.41, 5.74) is 1.17. The third-order valence-corrected chi connectivity index (χ3v) is 3.81. The molecule has 0 radical (unpaired) electrons. The number of hydrogen-bond donors (Lipinski definition) is 1. The summed E-state index contributed by atoms with van der Waals surface area (Å²) in [6, 6.07) is 7.48. The molecule has 1 saturated heterocycles. The van der Waals surface area contributed by atoms with Crippen LogP contribution in [0.4, 0.5) is 0 Å². The molecule has 1 aromatic carbocycles. The summed E-state index contributed by atoms with van der Waals surface area (Å²) in [4.78, 5) is 13.2. The molecule has 1 fully saturated rings. The first-order chi connectivity index (χ1) is 8.58. The minimum absolute atomic E-state index is 0.295. The summed E-state index contributed by atoms with van der Waals surface area (Å²) < 4.78 is 0. The lowest BCUT2D eigenvalue weighted by Gasteiger charge is -2.25. The first-order valence-corrected chi connectivity index (χ1v) is 6.68. The van der Waals surface area contributed by atoms with Crippen molar-refractivity contribution in [3.63, 3.8) is 0 Å². The largest absolute Gasteiger partial charge is 0.480 e. The van der Waals surface area contributed by atoms with Gasteiger partial charge >= 0.3 is 5.97 Å². The molecule has 2 unspecified atom stereocenters. The van der Waals surface area contributed by atoms with E-state index < -0.39 is 5.97 Å². The lowest BCUT2D eigenvalue weighted by atomic mass is 10.0. The molecule has 0 aromatic heterocycles. The highest BCUT2D eigenvalue weighted by Crippen LogP contribution is 2.24. The topological polar surface area (TPSA) is 40.5 Å². The van der Waals surface area contributed by atoms with Crippen LogP contribution in [0.25, 0.3) is 0 Å². The monoisotopic (exact) mass is 267 g/mol. The Kier molecular flexibility index (Phi) is 4.25. The molecule has 4 heteroatoms. The average molecular weight is 268 g/mol. The molecule has 1 aliphatic heterocycles. The molecular weight excluding hydrogens is 250 g/mol. The lowest BCUT2D eigenvalue weighted by molar-refractivity contribution is -0.142. The van der Waals surface area contributed by atoms with Crippen LogP contribution in [0, 0.1) is 0 Å². The van der Waals surface area contributed by atoms with Gasteiger partial charge in [-0.05, 0) is 43.0 Å². The Balaban J connectivity index is 2.03. The number of nitrogens with zero attached hydrogens (tertiary/aromatic N) is 1. The van der Waals surface area contributed by atoms with E-state index in [1.54, 1.807) is 0 Å². The zero-order valence-corrected chi connectivity index (χ0v) is 11.2. The summed E-state index contributed by atoms with van der Waals surface area (Å²) in [5, 5.41) is 9.88. The molecule has 0 saturated carbocycles. The standard InChI is InChI=1S/C14H18ClNO2/c1-10(11-4-2-5-12(15)8-11)9-16-7-3-6-13(16)14(17)18/h2,4-5,8,10,13H,3,6-7,9H2,1H3,(H,17,18). The van der Waals surface area contributed by atoms with Crippen molar-refractivity contribution in [2.45, 2.75) is 31.7 Å².